The van der Waals surface area contributed by atoms with Gasteiger partial charge in [0, 0.05) is 31.8 Å². The molecule has 5 nitrogen and oxygen atoms in total. The maximum atomic E-state index is 12.2. The molecule has 0 radical (unpaired) electrons. The topological polar surface area (TPSA) is 61.4 Å². The average Bonchev–Trinajstić information content (AvgIpc) is 2.65. The minimum absolute atomic E-state index is 0.178. The molecule has 0 bridgehead atoms. The van der Waals surface area contributed by atoms with Crippen LogP contribution in [0.4, 0.5) is 5.69 Å². The van der Waals surface area contributed by atoms with Crippen molar-refractivity contribution in [3.05, 3.63) is 65.7 Å². The summed E-state index contributed by atoms with van der Waals surface area (Å²) in [6.07, 6.45) is 2.25. The standard InChI is InChI=1S/C21H27N3O2/c1-16(12-13-17-8-5-4-6-9-17)14-20(25)22-23-21(26)18-10-7-11-19(15-18)24(2)3/h4-11,15-16H,12-14H2,1-3H3,(H,22,25)(H,23,26). The molecule has 0 aliphatic carbocycles. The first-order chi connectivity index (χ1) is 12.5. The molecule has 0 aliphatic heterocycles. The lowest BCUT2D eigenvalue weighted by Gasteiger charge is -2.14. The van der Waals surface area contributed by atoms with Crippen molar-refractivity contribution in [3.63, 3.8) is 0 Å². The number of hydrogen-bond donors (Lipinski definition) is 2. The Hall–Kier alpha value is -2.82. The van der Waals surface area contributed by atoms with Crippen molar-refractivity contribution in [1.29, 1.82) is 0 Å². The second-order valence-corrected chi connectivity index (χ2v) is 6.78. The van der Waals surface area contributed by atoms with E-state index in [1.165, 1.54) is 5.56 Å². The van der Waals surface area contributed by atoms with Crippen LogP contribution >= 0.6 is 0 Å². The molecule has 0 aromatic heterocycles. The highest BCUT2D eigenvalue weighted by Crippen LogP contribution is 2.14. The third kappa shape index (κ3) is 6.24. The first-order valence-electron chi connectivity index (χ1n) is 8.86. The zero-order valence-electron chi connectivity index (χ0n) is 15.7. The van der Waals surface area contributed by atoms with Crippen molar-refractivity contribution in [2.75, 3.05) is 19.0 Å². The lowest BCUT2D eigenvalue weighted by Crippen LogP contribution is -2.42. The quantitative estimate of drug-likeness (QED) is 0.752. The fourth-order valence-electron chi connectivity index (χ4n) is 2.65. The SMILES string of the molecule is CC(CCc1ccccc1)CC(=O)NNC(=O)c1cccc(N(C)C)c1. The van der Waals surface area contributed by atoms with Crippen molar-refractivity contribution in [2.45, 2.75) is 26.2 Å². The van der Waals surface area contributed by atoms with E-state index in [1.807, 2.05) is 56.3 Å². The summed E-state index contributed by atoms with van der Waals surface area (Å²) in [6.45, 7) is 2.05. The third-order valence-electron chi connectivity index (χ3n) is 4.24. The predicted molar refractivity (Wildman–Crippen MR) is 105 cm³/mol. The molecule has 0 heterocycles. The smallest absolute Gasteiger partial charge is 0.269 e. The number of anilines is 1. The van der Waals surface area contributed by atoms with Gasteiger partial charge in [-0.2, -0.15) is 0 Å². The van der Waals surface area contributed by atoms with Gasteiger partial charge in [0.05, 0.1) is 0 Å². The van der Waals surface area contributed by atoms with Crippen LogP contribution < -0.4 is 15.8 Å². The molecule has 26 heavy (non-hydrogen) atoms. The van der Waals surface area contributed by atoms with Crippen LogP contribution in [0.3, 0.4) is 0 Å². The van der Waals surface area contributed by atoms with Crippen LogP contribution in [0, 0.1) is 5.92 Å². The molecule has 0 saturated carbocycles. The van der Waals surface area contributed by atoms with Gasteiger partial charge in [-0.15, -0.1) is 0 Å². The molecule has 0 saturated heterocycles. The Morgan fingerprint density at radius 1 is 1.00 bits per heavy atom. The number of amides is 2. The van der Waals surface area contributed by atoms with Crippen molar-refractivity contribution in [1.82, 2.24) is 10.9 Å². The van der Waals surface area contributed by atoms with E-state index in [9.17, 15) is 9.59 Å². The van der Waals surface area contributed by atoms with Gasteiger partial charge in [-0.05, 0) is 42.5 Å². The van der Waals surface area contributed by atoms with E-state index in [2.05, 4.69) is 23.0 Å². The Morgan fingerprint density at radius 3 is 2.42 bits per heavy atom. The first-order valence-corrected chi connectivity index (χ1v) is 8.86. The van der Waals surface area contributed by atoms with Crippen molar-refractivity contribution in [2.24, 2.45) is 5.92 Å². The summed E-state index contributed by atoms with van der Waals surface area (Å²) in [5.74, 6) is -0.258. The van der Waals surface area contributed by atoms with E-state index in [-0.39, 0.29) is 17.7 Å². The molecule has 0 spiro atoms. The molecule has 5 heteroatoms. The van der Waals surface area contributed by atoms with Gasteiger partial charge in [-0.1, -0.05) is 43.3 Å². The molecule has 0 fully saturated rings. The summed E-state index contributed by atoms with van der Waals surface area (Å²) in [5.41, 5.74) is 7.70. The first kappa shape index (κ1) is 19.5. The van der Waals surface area contributed by atoms with Gasteiger partial charge < -0.3 is 4.90 Å². The van der Waals surface area contributed by atoms with E-state index >= 15 is 0 Å². The van der Waals surface area contributed by atoms with E-state index in [4.69, 9.17) is 0 Å². The Bertz CT molecular complexity index is 729. The Kier molecular flexibility index (Phi) is 7.21. The summed E-state index contributed by atoms with van der Waals surface area (Å²) >= 11 is 0. The zero-order valence-corrected chi connectivity index (χ0v) is 15.7. The number of aryl methyl sites for hydroxylation is 1. The fraction of sp³-hybridized carbons (Fsp3) is 0.333. The van der Waals surface area contributed by atoms with Gasteiger partial charge in [0.1, 0.15) is 0 Å². The zero-order chi connectivity index (χ0) is 18.9. The maximum absolute atomic E-state index is 12.2. The summed E-state index contributed by atoms with van der Waals surface area (Å²) < 4.78 is 0. The van der Waals surface area contributed by atoms with Crippen LogP contribution in [0.25, 0.3) is 0 Å². The molecule has 2 aromatic rings. The highest BCUT2D eigenvalue weighted by molar-refractivity contribution is 5.96. The number of hydrazine groups is 1. The summed E-state index contributed by atoms with van der Waals surface area (Å²) in [5, 5.41) is 0. The van der Waals surface area contributed by atoms with Crippen LogP contribution in [0.15, 0.2) is 54.6 Å². The molecule has 0 aliphatic rings. The second kappa shape index (κ2) is 9.61. The van der Waals surface area contributed by atoms with E-state index in [0.717, 1.165) is 18.5 Å². The molecule has 2 N–H and O–H groups in total. The normalized spacial score (nSPS) is 11.5. The predicted octanol–water partition coefficient (Wildman–Crippen LogP) is 3.17. The number of nitrogens with one attached hydrogen (secondary N) is 2. The van der Waals surface area contributed by atoms with Crippen LogP contribution in [-0.4, -0.2) is 25.9 Å². The van der Waals surface area contributed by atoms with E-state index < -0.39 is 0 Å². The van der Waals surface area contributed by atoms with Gasteiger partial charge in [-0.3, -0.25) is 20.4 Å². The van der Waals surface area contributed by atoms with Crippen molar-refractivity contribution in [3.8, 4) is 0 Å². The minimum atomic E-state index is -0.320. The molecule has 1 atom stereocenters. The number of carbonyl (C=O) groups excluding carboxylic acids is 2. The minimum Gasteiger partial charge on any atom is -0.378 e. The van der Waals surface area contributed by atoms with Gasteiger partial charge in [0.2, 0.25) is 5.91 Å². The maximum Gasteiger partial charge on any atom is 0.269 e. The van der Waals surface area contributed by atoms with Crippen LogP contribution in [-0.2, 0) is 11.2 Å². The van der Waals surface area contributed by atoms with Crippen molar-refractivity contribution < 1.29 is 9.59 Å². The number of rotatable bonds is 7. The number of nitrogens with zero attached hydrogens (tertiary/aromatic N) is 1. The van der Waals surface area contributed by atoms with E-state index in [0.29, 0.717) is 12.0 Å². The summed E-state index contributed by atoms with van der Waals surface area (Å²) in [4.78, 5) is 26.1. The van der Waals surface area contributed by atoms with Gasteiger partial charge in [0.25, 0.3) is 5.91 Å². The van der Waals surface area contributed by atoms with Gasteiger partial charge >= 0.3 is 0 Å². The van der Waals surface area contributed by atoms with Crippen molar-refractivity contribution >= 4 is 17.5 Å². The summed E-state index contributed by atoms with van der Waals surface area (Å²) in [7, 11) is 3.82. The number of hydrogen-bond acceptors (Lipinski definition) is 3. The summed E-state index contributed by atoms with van der Waals surface area (Å²) in [6, 6.07) is 17.5. The van der Waals surface area contributed by atoms with E-state index in [1.54, 1.807) is 12.1 Å². The van der Waals surface area contributed by atoms with Gasteiger partial charge in [-0.25, -0.2) is 0 Å². The molecule has 2 rings (SSSR count). The van der Waals surface area contributed by atoms with Crippen LogP contribution in [0.5, 0.6) is 0 Å². The molecular weight excluding hydrogens is 326 g/mol. The third-order valence-corrected chi connectivity index (χ3v) is 4.24. The Balaban J connectivity index is 1.75. The lowest BCUT2D eigenvalue weighted by atomic mass is 9.98. The molecule has 1 unspecified atom stereocenters. The highest BCUT2D eigenvalue weighted by Gasteiger charge is 2.12. The molecule has 138 valence electrons. The van der Waals surface area contributed by atoms with Crippen LogP contribution in [0.1, 0.15) is 35.7 Å². The second-order valence-electron chi connectivity index (χ2n) is 6.78. The molecule has 2 amide bonds. The fourth-order valence-corrected chi connectivity index (χ4v) is 2.65. The number of benzene rings is 2. The largest absolute Gasteiger partial charge is 0.378 e. The Morgan fingerprint density at radius 2 is 1.73 bits per heavy atom. The van der Waals surface area contributed by atoms with Crippen LogP contribution in [0.2, 0.25) is 0 Å². The molecular formula is C21H27N3O2. The monoisotopic (exact) mass is 353 g/mol. The highest BCUT2D eigenvalue weighted by atomic mass is 16.2. The molecule has 2 aromatic carbocycles. The van der Waals surface area contributed by atoms with Gasteiger partial charge in [0.15, 0.2) is 0 Å². The Labute approximate surface area is 155 Å². The number of carbonyl (C=O) groups is 2. The average molecular weight is 353 g/mol. The lowest BCUT2D eigenvalue weighted by molar-refractivity contribution is -0.122.